The van der Waals surface area contributed by atoms with E-state index in [1.807, 2.05) is 30.3 Å². The summed E-state index contributed by atoms with van der Waals surface area (Å²) in [6.07, 6.45) is 8.79. The van der Waals surface area contributed by atoms with Crippen LogP contribution in [-0.2, 0) is 13.2 Å². The summed E-state index contributed by atoms with van der Waals surface area (Å²) in [6.45, 7) is 3.74. The van der Waals surface area contributed by atoms with Crippen LogP contribution in [-0.4, -0.2) is 6.04 Å². The van der Waals surface area contributed by atoms with Crippen LogP contribution >= 0.6 is 27.5 Å². The molecule has 2 aromatic rings. The molecule has 30 heavy (non-hydrogen) atoms. The molecule has 4 bridgehead atoms. The van der Waals surface area contributed by atoms with Crippen LogP contribution in [0.1, 0.15) is 56.6 Å². The largest absolute Gasteiger partial charge is 0.489 e. The van der Waals surface area contributed by atoms with Gasteiger partial charge in [-0.15, -0.1) is 0 Å². The Bertz CT molecular complexity index is 878. The van der Waals surface area contributed by atoms with E-state index in [0.717, 1.165) is 45.1 Å². The van der Waals surface area contributed by atoms with Gasteiger partial charge in [0.2, 0.25) is 0 Å². The minimum absolute atomic E-state index is 0.485. The highest BCUT2D eigenvalue weighted by Crippen LogP contribution is 2.61. The van der Waals surface area contributed by atoms with Crippen LogP contribution in [0, 0.1) is 23.2 Å². The van der Waals surface area contributed by atoms with Crippen LogP contribution in [0.3, 0.4) is 0 Å². The monoisotopic (exact) mass is 487 g/mol. The Morgan fingerprint density at radius 3 is 2.37 bits per heavy atom. The maximum Gasteiger partial charge on any atom is 0.124 e. The van der Waals surface area contributed by atoms with E-state index in [0.29, 0.717) is 18.1 Å². The van der Waals surface area contributed by atoms with Gasteiger partial charge in [0.15, 0.2) is 0 Å². The van der Waals surface area contributed by atoms with Gasteiger partial charge in [0.1, 0.15) is 12.4 Å². The molecule has 1 atom stereocenters. The third-order valence-electron chi connectivity index (χ3n) is 7.97. The molecule has 0 aliphatic heterocycles. The second-order valence-corrected chi connectivity index (χ2v) is 11.3. The number of nitrogens with one attached hydrogen (secondary N) is 1. The molecule has 0 heterocycles. The van der Waals surface area contributed by atoms with Gasteiger partial charge in [-0.05, 0) is 92.9 Å². The van der Waals surface area contributed by atoms with Crippen LogP contribution in [0.5, 0.6) is 5.75 Å². The molecule has 4 saturated carbocycles. The predicted octanol–water partition coefficient (Wildman–Crippen LogP) is 7.38. The van der Waals surface area contributed by atoms with E-state index in [4.69, 9.17) is 16.3 Å². The number of halogens is 2. The fourth-order valence-electron chi connectivity index (χ4n) is 6.79. The van der Waals surface area contributed by atoms with E-state index in [2.05, 4.69) is 40.3 Å². The van der Waals surface area contributed by atoms with E-state index in [-0.39, 0.29) is 0 Å². The Morgan fingerprint density at radius 1 is 1.03 bits per heavy atom. The maximum absolute atomic E-state index is 6.31. The fourth-order valence-corrected chi connectivity index (χ4v) is 7.38. The van der Waals surface area contributed by atoms with Crippen molar-refractivity contribution in [1.82, 2.24) is 5.32 Å². The highest BCUT2D eigenvalue weighted by atomic mass is 79.9. The lowest BCUT2D eigenvalue weighted by Crippen LogP contribution is -2.54. The summed E-state index contributed by atoms with van der Waals surface area (Å²) < 4.78 is 7.29. The molecule has 0 saturated heterocycles. The van der Waals surface area contributed by atoms with Crippen molar-refractivity contribution in [3.05, 3.63) is 63.1 Å². The van der Waals surface area contributed by atoms with Crippen LogP contribution in [0.25, 0.3) is 0 Å². The van der Waals surface area contributed by atoms with Gasteiger partial charge in [-0.3, -0.25) is 0 Å². The minimum Gasteiger partial charge on any atom is -0.489 e. The van der Waals surface area contributed by atoms with Gasteiger partial charge in [-0.1, -0.05) is 45.7 Å². The Balaban J connectivity index is 1.27. The summed E-state index contributed by atoms with van der Waals surface area (Å²) >= 11 is 9.95. The lowest BCUT2D eigenvalue weighted by Gasteiger charge is -2.59. The Kier molecular flexibility index (Phi) is 5.90. The number of benzene rings is 2. The second kappa shape index (κ2) is 8.48. The zero-order valence-electron chi connectivity index (χ0n) is 17.7. The lowest BCUT2D eigenvalue weighted by atomic mass is 9.48. The molecule has 4 aliphatic carbocycles. The van der Waals surface area contributed by atoms with Crippen molar-refractivity contribution < 1.29 is 4.74 Å². The fraction of sp³-hybridized carbons (Fsp3) is 0.538. The molecule has 1 N–H and O–H groups in total. The zero-order chi connectivity index (χ0) is 20.7. The first-order valence-electron chi connectivity index (χ1n) is 11.4. The van der Waals surface area contributed by atoms with Gasteiger partial charge >= 0.3 is 0 Å². The van der Waals surface area contributed by atoms with Gasteiger partial charge < -0.3 is 10.1 Å². The van der Waals surface area contributed by atoms with Gasteiger partial charge in [0.25, 0.3) is 0 Å². The van der Waals surface area contributed by atoms with Crippen LogP contribution in [0.15, 0.2) is 46.9 Å². The van der Waals surface area contributed by atoms with Crippen LogP contribution in [0.2, 0.25) is 5.02 Å². The number of ether oxygens (including phenoxy) is 1. The van der Waals surface area contributed by atoms with Crippen molar-refractivity contribution in [2.75, 3.05) is 0 Å². The normalized spacial score (nSPS) is 30.4. The molecule has 4 aliphatic rings. The topological polar surface area (TPSA) is 21.3 Å². The Hall–Kier alpha value is -1.03. The Morgan fingerprint density at radius 2 is 1.70 bits per heavy atom. The molecular weight excluding hydrogens is 458 g/mol. The molecule has 0 amide bonds. The lowest BCUT2D eigenvalue weighted by molar-refractivity contribution is -0.0706. The molecular formula is C26H31BrClNO. The van der Waals surface area contributed by atoms with Crippen molar-refractivity contribution in [3.8, 4) is 5.75 Å². The van der Waals surface area contributed by atoms with Gasteiger partial charge in [0, 0.05) is 33.2 Å². The summed E-state index contributed by atoms with van der Waals surface area (Å²) in [5.74, 6) is 3.89. The highest BCUT2D eigenvalue weighted by molar-refractivity contribution is 9.10. The molecule has 2 aromatic carbocycles. The minimum atomic E-state index is 0.485. The molecule has 2 nitrogen and oxygen atoms in total. The molecule has 0 radical (unpaired) electrons. The molecule has 4 heteroatoms. The maximum atomic E-state index is 6.31. The Labute approximate surface area is 193 Å². The van der Waals surface area contributed by atoms with Crippen molar-refractivity contribution in [2.24, 2.45) is 23.2 Å². The summed E-state index contributed by atoms with van der Waals surface area (Å²) in [6, 6.07) is 14.7. The summed E-state index contributed by atoms with van der Waals surface area (Å²) in [7, 11) is 0. The number of hydrogen-bond acceptors (Lipinski definition) is 2. The second-order valence-electron chi connectivity index (χ2n) is 10.0. The first kappa shape index (κ1) is 20.8. The van der Waals surface area contributed by atoms with E-state index >= 15 is 0 Å². The first-order valence-corrected chi connectivity index (χ1v) is 12.6. The van der Waals surface area contributed by atoms with Crippen LogP contribution < -0.4 is 10.1 Å². The molecule has 4 fully saturated rings. The quantitative estimate of drug-likeness (QED) is 0.439. The van der Waals surface area contributed by atoms with E-state index < -0.39 is 0 Å². The van der Waals surface area contributed by atoms with Crippen molar-refractivity contribution >= 4 is 27.5 Å². The SMILES string of the molecule is C[C@@H](NCc1cc(Br)ccc1OCc1ccccc1Cl)C12CC3CC(CC(C3)C1)C2. The van der Waals surface area contributed by atoms with Gasteiger partial charge in [-0.25, -0.2) is 0 Å². The molecule has 0 aromatic heterocycles. The smallest absolute Gasteiger partial charge is 0.124 e. The molecule has 0 unspecified atom stereocenters. The average molecular weight is 489 g/mol. The predicted molar refractivity (Wildman–Crippen MR) is 127 cm³/mol. The third-order valence-corrected chi connectivity index (χ3v) is 8.83. The van der Waals surface area contributed by atoms with E-state index in [9.17, 15) is 0 Å². The summed E-state index contributed by atoms with van der Waals surface area (Å²) in [5.41, 5.74) is 2.73. The van der Waals surface area contributed by atoms with Gasteiger partial charge in [0.05, 0.1) is 0 Å². The first-order chi connectivity index (χ1) is 14.5. The van der Waals surface area contributed by atoms with Crippen molar-refractivity contribution in [3.63, 3.8) is 0 Å². The van der Waals surface area contributed by atoms with Crippen LogP contribution in [0.4, 0.5) is 0 Å². The van der Waals surface area contributed by atoms with E-state index in [1.54, 1.807) is 0 Å². The summed E-state index contributed by atoms with van der Waals surface area (Å²) in [5, 5.41) is 4.66. The zero-order valence-corrected chi connectivity index (χ0v) is 20.0. The van der Waals surface area contributed by atoms with Crippen molar-refractivity contribution in [1.29, 1.82) is 0 Å². The van der Waals surface area contributed by atoms with Crippen molar-refractivity contribution in [2.45, 2.75) is 64.6 Å². The number of hydrogen-bond donors (Lipinski definition) is 1. The highest BCUT2D eigenvalue weighted by Gasteiger charge is 2.52. The molecule has 160 valence electrons. The van der Waals surface area contributed by atoms with Gasteiger partial charge in [-0.2, -0.15) is 0 Å². The average Bonchev–Trinajstić information content (AvgIpc) is 2.71. The third kappa shape index (κ3) is 4.18. The standard InChI is InChI=1S/C26H31BrClNO/c1-17(26-12-18-8-19(13-26)10-20(9-18)14-26)29-15-22-11-23(27)6-7-25(22)30-16-21-4-2-3-5-24(21)28/h2-7,11,17-20,29H,8-10,12-16H2,1H3/t17-,18?,19?,20?,26?/m1/s1. The summed E-state index contributed by atoms with van der Waals surface area (Å²) in [4.78, 5) is 0. The molecule has 6 rings (SSSR count). The number of rotatable bonds is 7. The van der Waals surface area contributed by atoms with E-state index in [1.165, 1.54) is 44.1 Å². The molecule has 0 spiro atoms.